The van der Waals surface area contributed by atoms with Crippen LogP contribution in [-0.2, 0) is 4.74 Å². The van der Waals surface area contributed by atoms with Crippen molar-refractivity contribution < 1.29 is 13.9 Å². The van der Waals surface area contributed by atoms with E-state index in [1.54, 1.807) is 11.3 Å². The van der Waals surface area contributed by atoms with Crippen LogP contribution < -0.4 is 0 Å². The lowest BCUT2D eigenvalue weighted by atomic mass is 10.2. The summed E-state index contributed by atoms with van der Waals surface area (Å²) in [6, 6.07) is 1.95. The second-order valence-electron chi connectivity index (χ2n) is 6.07. The Kier molecular flexibility index (Phi) is 4.50. The van der Waals surface area contributed by atoms with Crippen molar-refractivity contribution in [1.82, 2.24) is 15.1 Å². The molecule has 1 amide bonds. The van der Waals surface area contributed by atoms with Crippen LogP contribution in [-0.4, -0.2) is 40.7 Å². The second kappa shape index (κ2) is 6.41. The van der Waals surface area contributed by atoms with Crippen LogP contribution in [0.2, 0.25) is 0 Å². The molecule has 0 aromatic carbocycles. The van der Waals surface area contributed by atoms with Crippen LogP contribution in [0, 0.1) is 13.8 Å². The standard InChI is InChI=1S/C16H21N3O3S/c1-9(2)14-17-18-15(22-14)13-8-19(5-6-21-13)16(20)12-7-10(3)23-11(12)4/h7,9,13H,5-6,8H2,1-4H3. The van der Waals surface area contributed by atoms with E-state index in [1.807, 2.05) is 38.7 Å². The number of morpholine rings is 1. The average molecular weight is 335 g/mol. The maximum absolute atomic E-state index is 12.7. The van der Waals surface area contributed by atoms with Crippen molar-refractivity contribution in [2.45, 2.75) is 39.7 Å². The largest absolute Gasteiger partial charge is 0.422 e. The van der Waals surface area contributed by atoms with E-state index in [-0.39, 0.29) is 17.9 Å². The maximum Gasteiger partial charge on any atom is 0.255 e. The Morgan fingerprint density at radius 1 is 1.39 bits per heavy atom. The molecule has 0 spiro atoms. The van der Waals surface area contributed by atoms with Gasteiger partial charge in [0.25, 0.3) is 5.91 Å². The van der Waals surface area contributed by atoms with Gasteiger partial charge in [-0.25, -0.2) is 0 Å². The number of nitrogens with zero attached hydrogens (tertiary/aromatic N) is 3. The molecular weight excluding hydrogens is 314 g/mol. The number of amides is 1. The quantitative estimate of drug-likeness (QED) is 0.862. The number of hydrogen-bond acceptors (Lipinski definition) is 6. The SMILES string of the molecule is Cc1cc(C(=O)N2CCOC(c3nnc(C(C)C)o3)C2)c(C)s1. The lowest BCUT2D eigenvalue weighted by Gasteiger charge is -2.31. The summed E-state index contributed by atoms with van der Waals surface area (Å²) in [5, 5.41) is 8.11. The highest BCUT2D eigenvalue weighted by Gasteiger charge is 2.30. The van der Waals surface area contributed by atoms with Gasteiger partial charge in [0.1, 0.15) is 0 Å². The van der Waals surface area contributed by atoms with Crippen LogP contribution in [0.1, 0.15) is 57.8 Å². The van der Waals surface area contributed by atoms with Gasteiger partial charge in [-0.05, 0) is 19.9 Å². The summed E-state index contributed by atoms with van der Waals surface area (Å²) < 4.78 is 11.4. The summed E-state index contributed by atoms with van der Waals surface area (Å²) in [4.78, 5) is 16.7. The van der Waals surface area contributed by atoms with Gasteiger partial charge >= 0.3 is 0 Å². The van der Waals surface area contributed by atoms with E-state index >= 15 is 0 Å². The average Bonchev–Trinajstić information content (AvgIpc) is 3.13. The molecule has 0 N–H and O–H groups in total. The molecule has 0 aliphatic carbocycles. The maximum atomic E-state index is 12.7. The Bertz CT molecular complexity index is 707. The zero-order valence-corrected chi connectivity index (χ0v) is 14.6. The third-order valence-electron chi connectivity index (χ3n) is 3.85. The van der Waals surface area contributed by atoms with Gasteiger partial charge in [0.2, 0.25) is 11.8 Å². The van der Waals surface area contributed by atoms with Crippen LogP contribution in [0.3, 0.4) is 0 Å². The summed E-state index contributed by atoms with van der Waals surface area (Å²) in [6.45, 7) is 9.48. The lowest BCUT2D eigenvalue weighted by molar-refractivity contribution is -0.0351. The Hall–Kier alpha value is -1.73. The van der Waals surface area contributed by atoms with Crippen LogP contribution in [0.4, 0.5) is 0 Å². The molecule has 23 heavy (non-hydrogen) atoms. The highest BCUT2D eigenvalue weighted by atomic mass is 32.1. The van der Waals surface area contributed by atoms with Crippen molar-refractivity contribution in [2.24, 2.45) is 0 Å². The van der Waals surface area contributed by atoms with E-state index in [4.69, 9.17) is 9.15 Å². The second-order valence-corrected chi connectivity index (χ2v) is 7.53. The Morgan fingerprint density at radius 2 is 2.17 bits per heavy atom. The normalized spacial score (nSPS) is 18.7. The molecule has 1 fully saturated rings. The molecule has 1 aliphatic heterocycles. The predicted octanol–water partition coefficient (Wildman–Crippen LogP) is 3.09. The molecule has 3 rings (SSSR count). The van der Waals surface area contributed by atoms with Gasteiger partial charge in [0.05, 0.1) is 18.7 Å². The van der Waals surface area contributed by atoms with E-state index in [9.17, 15) is 4.79 Å². The zero-order valence-electron chi connectivity index (χ0n) is 13.8. The van der Waals surface area contributed by atoms with Gasteiger partial charge < -0.3 is 14.1 Å². The fourth-order valence-electron chi connectivity index (χ4n) is 2.61. The van der Waals surface area contributed by atoms with E-state index < -0.39 is 0 Å². The Labute approximate surface area is 139 Å². The van der Waals surface area contributed by atoms with Gasteiger partial charge in [-0.1, -0.05) is 13.8 Å². The van der Waals surface area contributed by atoms with Gasteiger partial charge in [0, 0.05) is 22.2 Å². The summed E-state index contributed by atoms with van der Waals surface area (Å²) in [5.74, 6) is 1.26. The number of ether oxygens (including phenoxy) is 1. The first-order valence-corrected chi connectivity index (χ1v) is 8.58. The molecule has 7 heteroatoms. The molecule has 0 radical (unpaired) electrons. The van der Waals surface area contributed by atoms with Gasteiger partial charge in [-0.2, -0.15) is 0 Å². The van der Waals surface area contributed by atoms with E-state index in [0.29, 0.717) is 31.5 Å². The van der Waals surface area contributed by atoms with Crippen LogP contribution in [0.25, 0.3) is 0 Å². The number of aryl methyl sites for hydroxylation is 2. The first-order chi connectivity index (χ1) is 11.0. The van der Waals surface area contributed by atoms with Gasteiger partial charge in [-0.3, -0.25) is 4.79 Å². The third-order valence-corrected chi connectivity index (χ3v) is 4.82. The summed E-state index contributed by atoms with van der Waals surface area (Å²) in [7, 11) is 0. The van der Waals surface area contributed by atoms with Crippen molar-refractivity contribution in [3.05, 3.63) is 33.2 Å². The molecule has 6 nitrogen and oxygen atoms in total. The number of thiophene rings is 1. The fourth-order valence-corrected chi connectivity index (χ4v) is 3.52. The van der Waals surface area contributed by atoms with Crippen LogP contribution >= 0.6 is 11.3 Å². The predicted molar refractivity (Wildman–Crippen MR) is 86.8 cm³/mol. The Balaban J connectivity index is 1.75. The fraction of sp³-hybridized carbons (Fsp3) is 0.562. The van der Waals surface area contributed by atoms with Crippen LogP contribution in [0.15, 0.2) is 10.5 Å². The topological polar surface area (TPSA) is 68.5 Å². The molecule has 1 unspecified atom stereocenters. The number of carbonyl (C=O) groups is 1. The molecule has 0 saturated carbocycles. The van der Waals surface area contributed by atoms with Crippen molar-refractivity contribution in [2.75, 3.05) is 19.7 Å². The molecule has 3 heterocycles. The molecule has 124 valence electrons. The molecule has 2 aromatic rings. The van der Waals surface area contributed by atoms with E-state index in [0.717, 1.165) is 15.3 Å². The molecule has 0 bridgehead atoms. The van der Waals surface area contributed by atoms with E-state index in [1.165, 1.54) is 0 Å². The monoisotopic (exact) mass is 335 g/mol. The summed E-state index contributed by atoms with van der Waals surface area (Å²) in [5.41, 5.74) is 0.779. The first kappa shape index (κ1) is 16.1. The first-order valence-electron chi connectivity index (χ1n) is 7.77. The molecule has 1 aliphatic rings. The smallest absolute Gasteiger partial charge is 0.255 e. The highest BCUT2D eigenvalue weighted by Crippen LogP contribution is 2.27. The minimum atomic E-state index is -0.354. The zero-order chi connectivity index (χ0) is 16.6. The van der Waals surface area contributed by atoms with E-state index in [2.05, 4.69) is 10.2 Å². The van der Waals surface area contributed by atoms with Crippen molar-refractivity contribution in [3.63, 3.8) is 0 Å². The molecule has 2 aromatic heterocycles. The lowest BCUT2D eigenvalue weighted by Crippen LogP contribution is -2.42. The summed E-state index contributed by atoms with van der Waals surface area (Å²) in [6.07, 6.45) is -0.354. The molecule has 1 atom stereocenters. The van der Waals surface area contributed by atoms with Gasteiger partial charge in [-0.15, -0.1) is 21.5 Å². The third kappa shape index (κ3) is 3.30. The molecular formula is C16H21N3O3S. The van der Waals surface area contributed by atoms with Crippen molar-refractivity contribution >= 4 is 17.2 Å². The minimum absolute atomic E-state index is 0.0451. The van der Waals surface area contributed by atoms with Crippen molar-refractivity contribution in [3.8, 4) is 0 Å². The minimum Gasteiger partial charge on any atom is -0.422 e. The van der Waals surface area contributed by atoms with Crippen molar-refractivity contribution in [1.29, 1.82) is 0 Å². The Morgan fingerprint density at radius 3 is 2.78 bits per heavy atom. The number of hydrogen-bond donors (Lipinski definition) is 0. The number of aromatic nitrogens is 2. The number of carbonyl (C=O) groups excluding carboxylic acids is 1. The highest BCUT2D eigenvalue weighted by molar-refractivity contribution is 7.12. The summed E-state index contributed by atoms with van der Waals surface area (Å²) >= 11 is 1.65. The number of rotatable bonds is 3. The van der Waals surface area contributed by atoms with Gasteiger partial charge in [0.15, 0.2) is 6.10 Å². The van der Waals surface area contributed by atoms with Crippen LogP contribution in [0.5, 0.6) is 0 Å². The molecule has 1 saturated heterocycles.